The minimum Gasteiger partial charge on any atom is -0.494 e. The van der Waals surface area contributed by atoms with Crippen LogP contribution in [0, 0.1) is 17.8 Å². The van der Waals surface area contributed by atoms with E-state index in [2.05, 4.69) is 39.5 Å². The largest absolute Gasteiger partial charge is 0.494 e. The standard InChI is InChI=1S/C27H28O7.C27H28O6.C26H23F3O5/c1-15-10-20-13-19(27(29)33-20)14-24-26(16(2)17(3)32-24)23(11-15)34-25(28)9-7-18-6-8-21(30-4)22(12-18)31-5;1-5-30-21-8-6-7-19(13-21)9-10-25(28)33-23-12-16(2)11-22-14-20(27(29)32-22)15-24-26(23)17(3)18(4)31-24;1-14-9-20-12-18(25(31)33-20)13-22-24(15(2)16(3)32-22)21(10-14)34-23(30)8-7-17-5-4-6-19(11-17)26(27,28)29/h6-9,11-13,20,23-24,26H,2-3,10,14H2,1,4-5H3;6-10,12-14,22-24,26H,3-5,11,15H2,1-2H3;4-8,10-12,20-22,24H,2-3,9,13H2,1H3/b9-7+,15-11+;10-9+,16-12+;8-7+,14-10+/t20-,23-,24?,26+;22-,23-,24?,26+;20-,21-,22?,24+/m111/s1. The van der Waals surface area contributed by atoms with Gasteiger partial charge in [0.05, 0.1) is 44.1 Å². The van der Waals surface area contributed by atoms with E-state index in [1.54, 1.807) is 50.7 Å². The van der Waals surface area contributed by atoms with E-state index in [9.17, 15) is 41.9 Å². The van der Waals surface area contributed by atoms with Crippen LogP contribution in [0.5, 0.6) is 17.2 Å². The Morgan fingerprint density at radius 2 is 0.842 bits per heavy atom. The van der Waals surface area contributed by atoms with Gasteiger partial charge >= 0.3 is 42.0 Å². The number of halogens is 3. The van der Waals surface area contributed by atoms with Gasteiger partial charge in [-0.15, -0.1) is 0 Å². The summed E-state index contributed by atoms with van der Waals surface area (Å²) in [7, 11) is 3.11. The van der Waals surface area contributed by atoms with Gasteiger partial charge in [-0.25, -0.2) is 28.8 Å². The van der Waals surface area contributed by atoms with E-state index < -0.39 is 84.3 Å². The van der Waals surface area contributed by atoms with Crippen LogP contribution in [0.2, 0.25) is 0 Å². The highest BCUT2D eigenvalue weighted by Crippen LogP contribution is 2.46. The van der Waals surface area contributed by atoms with Crippen LogP contribution in [0.4, 0.5) is 13.2 Å². The van der Waals surface area contributed by atoms with Crippen LogP contribution in [0.1, 0.15) is 88.5 Å². The summed E-state index contributed by atoms with van der Waals surface area (Å²) in [5.41, 5.74) is 7.21. The molecule has 3 aliphatic carbocycles. The number of hydrogen-bond acceptors (Lipinski definition) is 18. The third kappa shape index (κ3) is 18.0. The molecule has 18 nitrogen and oxygen atoms in total. The molecule has 3 unspecified atom stereocenters. The van der Waals surface area contributed by atoms with Gasteiger partial charge in [0.25, 0.3) is 0 Å². The summed E-state index contributed by atoms with van der Waals surface area (Å²) >= 11 is 0. The molecule has 0 amide bonds. The first-order chi connectivity index (χ1) is 48.1. The summed E-state index contributed by atoms with van der Waals surface area (Å²) in [5, 5.41) is 0. The number of fused-ring (bicyclic) bond motifs is 6. The van der Waals surface area contributed by atoms with Gasteiger partial charge in [0, 0.05) is 73.5 Å². The molecular weight excluding hydrogens is 1310 g/mol. The van der Waals surface area contributed by atoms with E-state index in [1.165, 1.54) is 30.4 Å². The number of alkyl halides is 3. The van der Waals surface area contributed by atoms with E-state index >= 15 is 0 Å². The fourth-order valence-electron chi connectivity index (χ4n) is 13.3. The fourth-order valence-corrected chi connectivity index (χ4v) is 13.3. The van der Waals surface area contributed by atoms with Gasteiger partial charge < -0.3 is 56.8 Å². The monoisotopic (exact) mass is 1380 g/mol. The van der Waals surface area contributed by atoms with Crippen molar-refractivity contribution in [1.29, 1.82) is 0 Å². The molecule has 9 aliphatic rings. The number of rotatable bonds is 13. The minimum absolute atomic E-state index is 0.212. The van der Waals surface area contributed by atoms with Crippen molar-refractivity contribution in [3.05, 3.63) is 251 Å². The lowest BCUT2D eigenvalue weighted by molar-refractivity contribution is -0.144. The lowest BCUT2D eigenvalue weighted by atomic mass is 9.85. The lowest BCUT2D eigenvalue weighted by Gasteiger charge is -2.26. The number of carbonyl (C=O) groups is 6. The van der Waals surface area contributed by atoms with Crippen LogP contribution in [0.25, 0.3) is 18.2 Å². The van der Waals surface area contributed by atoms with Crippen LogP contribution >= 0.6 is 0 Å². The third-order valence-corrected chi connectivity index (χ3v) is 18.1. The average molecular weight is 1390 g/mol. The third-order valence-electron chi connectivity index (χ3n) is 18.1. The SMILES string of the molecule is C=C1OC2CC3=C[C@@H](C/C(C)=C/[C@@H](OC(=O)/C=C/c4ccc(OC)c(OC)c4)[C@@H]2C1=C)OC3=O.C=C1OC2CC3=C[C@@H](C/C(C)=C/[C@@H](OC(=O)/C=C/c4cccc(C(F)(F)F)c4)[C@@H]2C1=C)OC3=O.C=C1OC2CC3=C[C@@H](C/C(C)=C/[C@@H](OC(=O)/C=C/c4cccc(OCC)c4)[C@@H]2C1=C)OC3=O. The Labute approximate surface area is 584 Å². The number of carbonyl (C=O) groups excluding carboxylic acids is 6. The van der Waals surface area contributed by atoms with Gasteiger partial charge in [0.1, 0.15) is 78.0 Å². The zero-order valence-electron chi connectivity index (χ0n) is 56.9. The van der Waals surface area contributed by atoms with E-state index in [0.29, 0.717) is 101 Å². The molecule has 3 fully saturated rings. The molecular formula is C80H79F3O18. The van der Waals surface area contributed by atoms with Crippen LogP contribution < -0.4 is 14.2 Å². The Morgan fingerprint density at radius 3 is 1.21 bits per heavy atom. The maximum Gasteiger partial charge on any atom is 0.416 e. The van der Waals surface area contributed by atoms with Crippen molar-refractivity contribution in [2.75, 3.05) is 20.8 Å². The molecule has 0 aromatic heterocycles. The Hall–Kier alpha value is -10.8. The van der Waals surface area contributed by atoms with Crippen molar-refractivity contribution in [2.45, 2.75) is 127 Å². The van der Waals surface area contributed by atoms with Gasteiger partial charge in [-0.2, -0.15) is 13.2 Å². The van der Waals surface area contributed by atoms with Gasteiger partial charge in [-0.3, -0.25) is 0 Å². The van der Waals surface area contributed by atoms with Gasteiger partial charge in [0.15, 0.2) is 11.5 Å². The predicted octanol–water partition coefficient (Wildman–Crippen LogP) is 14.3. The van der Waals surface area contributed by atoms with Crippen LogP contribution in [0.15, 0.2) is 228 Å². The summed E-state index contributed by atoms with van der Waals surface area (Å²) in [5.74, 6) is -0.873. The molecule has 12 rings (SSSR count). The second kappa shape index (κ2) is 31.6. The summed E-state index contributed by atoms with van der Waals surface area (Å²) in [6.45, 7) is 32.2. The first-order valence-corrected chi connectivity index (χ1v) is 32.8. The van der Waals surface area contributed by atoms with Crippen molar-refractivity contribution in [3.8, 4) is 17.2 Å². The molecule has 3 saturated heterocycles. The second-order valence-electron chi connectivity index (χ2n) is 25.5. The van der Waals surface area contributed by atoms with E-state index in [-0.39, 0.29) is 48.0 Å². The Balaban J connectivity index is 0.000000163. The lowest BCUT2D eigenvalue weighted by Crippen LogP contribution is -2.32. The van der Waals surface area contributed by atoms with E-state index in [4.69, 9.17) is 56.8 Å². The smallest absolute Gasteiger partial charge is 0.416 e. The molecule has 0 spiro atoms. The van der Waals surface area contributed by atoms with E-state index in [0.717, 1.165) is 51.8 Å². The normalized spacial score (nSPS) is 28.2. The second-order valence-corrected chi connectivity index (χ2v) is 25.5. The highest BCUT2D eigenvalue weighted by molar-refractivity contribution is 5.93. The average Bonchev–Trinajstić information content (AvgIpc) is 1.66. The molecule has 3 aromatic rings. The molecule has 6 heterocycles. The molecule has 101 heavy (non-hydrogen) atoms. The van der Waals surface area contributed by atoms with Gasteiger partial charge in [-0.05, 0) is 152 Å². The summed E-state index contributed by atoms with van der Waals surface area (Å²) in [4.78, 5) is 75.0. The number of allylic oxidation sites excluding steroid dienone is 3. The van der Waals surface area contributed by atoms with Crippen molar-refractivity contribution in [2.24, 2.45) is 17.8 Å². The minimum atomic E-state index is -4.48. The fraction of sp³-hybridized carbons (Fsp3) is 0.325. The molecule has 0 N–H and O–H groups in total. The van der Waals surface area contributed by atoms with Gasteiger partial charge in [-0.1, -0.05) is 86.5 Å². The van der Waals surface area contributed by atoms with E-state index in [1.807, 2.05) is 82.3 Å². The van der Waals surface area contributed by atoms with Crippen LogP contribution in [0.3, 0.4) is 0 Å². The van der Waals surface area contributed by atoms with Crippen molar-refractivity contribution in [3.63, 3.8) is 0 Å². The first-order valence-electron chi connectivity index (χ1n) is 32.8. The number of methoxy groups -OCH3 is 2. The number of esters is 6. The van der Waals surface area contributed by atoms with Crippen molar-refractivity contribution >= 4 is 54.0 Å². The van der Waals surface area contributed by atoms with Crippen molar-refractivity contribution < 1.29 is 98.8 Å². The molecule has 21 heteroatoms. The Morgan fingerprint density at radius 1 is 0.475 bits per heavy atom. The molecule has 3 aromatic carbocycles. The Bertz CT molecular complexity index is 4180. The van der Waals surface area contributed by atoms with Crippen molar-refractivity contribution in [1.82, 2.24) is 0 Å². The summed E-state index contributed by atoms with van der Waals surface area (Å²) in [6.07, 6.45) is 13.0. The highest BCUT2D eigenvalue weighted by atomic mass is 19.4. The molecule has 528 valence electrons. The summed E-state index contributed by atoms with van der Waals surface area (Å²) < 4.78 is 106. The number of hydrogen-bond donors (Lipinski definition) is 0. The molecule has 6 bridgehead atoms. The van der Waals surface area contributed by atoms with Crippen LogP contribution in [-0.4, -0.2) is 112 Å². The number of benzene rings is 3. The maximum atomic E-state index is 12.9. The first kappa shape index (κ1) is 72.9. The molecule has 6 aliphatic heterocycles. The number of ether oxygens (including phenoxy) is 12. The Kier molecular flexibility index (Phi) is 22.8. The highest BCUT2D eigenvalue weighted by Gasteiger charge is 2.48. The maximum absolute atomic E-state index is 12.9. The molecule has 12 atom stereocenters. The van der Waals surface area contributed by atoms with Gasteiger partial charge in [0.2, 0.25) is 0 Å². The predicted molar refractivity (Wildman–Crippen MR) is 368 cm³/mol. The van der Waals surface area contributed by atoms with Crippen LogP contribution in [-0.2, 0) is 77.6 Å². The quantitative estimate of drug-likeness (QED) is 0.0673. The molecule has 0 saturated carbocycles. The zero-order valence-corrected chi connectivity index (χ0v) is 56.9. The zero-order chi connectivity index (χ0) is 72.6. The molecule has 0 radical (unpaired) electrons. The topological polar surface area (TPSA) is 213 Å². The summed E-state index contributed by atoms with van der Waals surface area (Å²) in [6, 6.07) is 17.4.